The monoisotopic (exact) mass is 383 g/mol. The largest absolute Gasteiger partial charge is 0.492 e. The fourth-order valence-electron chi connectivity index (χ4n) is 1.45. The molecule has 0 spiro atoms. The first-order valence-electron chi connectivity index (χ1n) is 6.45. The first-order chi connectivity index (χ1) is 9.97. The SMILES string of the molecule is CC(C)(C)OC(=O)NCCOc1cc(Br)cc(C(F)(F)F)c1. The van der Waals surface area contributed by atoms with Crippen molar-refractivity contribution in [2.75, 3.05) is 13.2 Å². The average Bonchev–Trinajstić information content (AvgIpc) is 2.30. The van der Waals surface area contributed by atoms with Gasteiger partial charge in [0.05, 0.1) is 12.1 Å². The van der Waals surface area contributed by atoms with E-state index in [-0.39, 0.29) is 23.4 Å². The van der Waals surface area contributed by atoms with Crippen LogP contribution in [0.5, 0.6) is 5.75 Å². The summed E-state index contributed by atoms with van der Waals surface area (Å²) < 4.78 is 48.4. The van der Waals surface area contributed by atoms with E-state index in [1.54, 1.807) is 20.8 Å². The third kappa shape index (κ3) is 7.02. The Kier molecular flexibility index (Phi) is 6.10. The summed E-state index contributed by atoms with van der Waals surface area (Å²) in [5.74, 6) is 0.0627. The maximum absolute atomic E-state index is 12.6. The second-order valence-electron chi connectivity index (χ2n) is 5.45. The molecule has 0 aliphatic heterocycles. The Hall–Kier alpha value is -1.44. The number of nitrogens with one attached hydrogen (secondary N) is 1. The third-order valence-corrected chi connectivity index (χ3v) is 2.70. The zero-order valence-corrected chi connectivity index (χ0v) is 14.0. The molecular weight excluding hydrogens is 367 g/mol. The zero-order chi connectivity index (χ0) is 17.0. The lowest BCUT2D eigenvalue weighted by molar-refractivity contribution is -0.137. The van der Waals surface area contributed by atoms with E-state index in [1.165, 1.54) is 6.07 Å². The van der Waals surface area contributed by atoms with Gasteiger partial charge >= 0.3 is 12.3 Å². The second-order valence-corrected chi connectivity index (χ2v) is 6.37. The molecule has 0 fully saturated rings. The zero-order valence-electron chi connectivity index (χ0n) is 12.4. The van der Waals surface area contributed by atoms with Gasteiger partial charge in [-0.05, 0) is 39.0 Å². The van der Waals surface area contributed by atoms with Gasteiger partial charge in [0.1, 0.15) is 18.0 Å². The van der Waals surface area contributed by atoms with Crippen LogP contribution >= 0.6 is 15.9 Å². The summed E-state index contributed by atoms with van der Waals surface area (Å²) in [4.78, 5) is 11.4. The van der Waals surface area contributed by atoms with E-state index in [4.69, 9.17) is 9.47 Å². The molecule has 1 amide bonds. The Morgan fingerprint density at radius 3 is 2.41 bits per heavy atom. The number of hydrogen-bond acceptors (Lipinski definition) is 3. The maximum Gasteiger partial charge on any atom is 0.416 e. The van der Waals surface area contributed by atoms with E-state index >= 15 is 0 Å². The lowest BCUT2D eigenvalue weighted by Gasteiger charge is -2.19. The van der Waals surface area contributed by atoms with Crippen LogP contribution in [0.15, 0.2) is 22.7 Å². The van der Waals surface area contributed by atoms with Crippen molar-refractivity contribution in [3.63, 3.8) is 0 Å². The Balaban J connectivity index is 2.49. The Bertz CT molecular complexity index is 527. The van der Waals surface area contributed by atoms with Gasteiger partial charge in [-0.3, -0.25) is 0 Å². The van der Waals surface area contributed by atoms with E-state index in [9.17, 15) is 18.0 Å². The lowest BCUT2D eigenvalue weighted by atomic mass is 10.2. The van der Waals surface area contributed by atoms with Crippen molar-refractivity contribution in [2.24, 2.45) is 0 Å². The number of rotatable bonds is 4. The highest BCUT2D eigenvalue weighted by molar-refractivity contribution is 9.10. The summed E-state index contributed by atoms with van der Waals surface area (Å²) in [6.45, 7) is 5.31. The standard InChI is InChI=1S/C14H17BrF3NO3/c1-13(2,3)22-12(20)19-4-5-21-11-7-9(14(16,17)18)6-10(15)8-11/h6-8H,4-5H2,1-3H3,(H,19,20). The molecular formula is C14H17BrF3NO3. The molecule has 124 valence electrons. The fourth-order valence-corrected chi connectivity index (χ4v) is 1.92. The molecule has 0 aliphatic rings. The molecule has 1 N–H and O–H groups in total. The molecule has 1 rings (SSSR count). The predicted octanol–water partition coefficient (Wildman–Crippen LogP) is 4.37. The molecule has 0 radical (unpaired) electrons. The number of halogens is 4. The van der Waals surface area contributed by atoms with E-state index < -0.39 is 23.4 Å². The van der Waals surface area contributed by atoms with Gasteiger partial charge in [-0.15, -0.1) is 0 Å². The topological polar surface area (TPSA) is 47.6 Å². The lowest BCUT2D eigenvalue weighted by Crippen LogP contribution is -2.34. The molecule has 4 nitrogen and oxygen atoms in total. The quantitative estimate of drug-likeness (QED) is 0.785. The normalized spacial score (nSPS) is 12.0. The van der Waals surface area contributed by atoms with Crippen LogP contribution < -0.4 is 10.1 Å². The van der Waals surface area contributed by atoms with E-state index in [2.05, 4.69) is 21.2 Å². The number of carbonyl (C=O) groups excluding carboxylic acids is 1. The molecule has 0 saturated heterocycles. The highest BCUT2D eigenvalue weighted by Crippen LogP contribution is 2.34. The molecule has 0 atom stereocenters. The van der Waals surface area contributed by atoms with Crippen molar-refractivity contribution < 1.29 is 27.4 Å². The van der Waals surface area contributed by atoms with Crippen molar-refractivity contribution in [3.8, 4) is 5.75 Å². The summed E-state index contributed by atoms with van der Waals surface area (Å²) >= 11 is 3.00. The van der Waals surface area contributed by atoms with Crippen LogP contribution in [-0.4, -0.2) is 24.8 Å². The summed E-state index contributed by atoms with van der Waals surface area (Å²) in [6.07, 6.45) is -5.06. The van der Waals surface area contributed by atoms with Crippen molar-refractivity contribution >= 4 is 22.0 Å². The van der Waals surface area contributed by atoms with Crippen LogP contribution in [0.3, 0.4) is 0 Å². The first kappa shape index (κ1) is 18.6. The van der Waals surface area contributed by atoms with Gasteiger partial charge in [0.2, 0.25) is 0 Å². The number of alkyl halides is 3. The van der Waals surface area contributed by atoms with E-state index in [0.29, 0.717) is 0 Å². The van der Waals surface area contributed by atoms with Gasteiger partial charge in [0.15, 0.2) is 0 Å². The molecule has 0 heterocycles. The van der Waals surface area contributed by atoms with Crippen LogP contribution in [0.4, 0.5) is 18.0 Å². The highest BCUT2D eigenvalue weighted by Gasteiger charge is 2.31. The summed E-state index contributed by atoms with van der Waals surface area (Å²) in [5, 5.41) is 2.45. The molecule has 0 bridgehead atoms. The van der Waals surface area contributed by atoms with Crippen LogP contribution in [0.2, 0.25) is 0 Å². The van der Waals surface area contributed by atoms with Crippen LogP contribution in [0.25, 0.3) is 0 Å². The number of hydrogen-bond donors (Lipinski definition) is 1. The fraction of sp³-hybridized carbons (Fsp3) is 0.500. The number of carbonyl (C=O) groups is 1. The van der Waals surface area contributed by atoms with Gasteiger partial charge < -0.3 is 14.8 Å². The van der Waals surface area contributed by atoms with Gasteiger partial charge in [-0.2, -0.15) is 13.2 Å². The molecule has 0 aliphatic carbocycles. The highest BCUT2D eigenvalue weighted by atomic mass is 79.9. The van der Waals surface area contributed by atoms with E-state index in [1.807, 2.05) is 0 Å². The number of ether oxygens (including phenoxy) is 2. The summed E-state index contributed by atoms with van der Waals surface area (Å²) in [6, 6.07) is 3.28. The number of alkyl carbamates (subject to hydrolysis) is 1. The Morgan fingerprint density at radius 1 is 1.23 bits per heavy atom. The van der Waals surface area contributed by atoms with Gasteiger partial charge in [0, 0.05) is 4.47 Å². The van der Waals surface area contributed by atoms with Crippen molar-refractivity contribution in [1.29, 1.82) is 0 Å². The van der Waals surface area contributed by atoms with Gasteiger partial charge in [-0.25, -0.2) is 4.79 Å². The minimum atomic E-state index is -4.45. The second kappa shape index (κ2) is 7.21. The molecule has 0 saturated carbocycles. The molecule has 22 heavy (non-hydrogen) atoms. The number of amides is 1. The molecule has 0 unspecified atom stereocenters. The minimum absolute atomic E-state index is 0.0208. The van der Waals surface area contributed by atoms with Crippen molar-refractivity contribution in [1.82, 2.24) is 5.32 Å². The predicted molar refractivity (Wildman–Crippen MR) is 78.9 cm³/mol. The smallest absolute Gasteiger partial charge is 0.416 e. The van der Waals surface area contributed by atoms with Crippen molar-refractivity contribution in [2.45, 2.75) is 32.5 Å². The van der Waals surface area contributed by atoms with E-state index in [0.717, 1.165) is 12.1 Å². The average molecular weight is 384 g/mol. The first-order valence-corrected chi connectivity index (χ1v) is 7.24. The Labute approximate surface area is 135 Å². The number of benzene rings is 1. The van der Waals surface area contributed by atoms with Crippen LogP contribution in [-0.2, 0) is 10.9 Å². The van der Waals surface area contributed by atoms with Crippen LogP contribution in [0.1, 0.15) is 26.3 Å². The molecule has 0 aromatic heterocycles. The molecule has 1 aromatic carbocycles. The summed E-state index contributed by atoms with van der Waals surface area (Å²) in [5.41, 5.74) is -1.42. The molecule has 1 aromatic rings. The van der Waals surface area contributed by atoms with Crippen LogP contribution in [0, 0.1) is 0 Å². The van der Waals surface area contributed by atoms with Gasteiger partial charge in [0.25, 0.3) is 0 Å². The minimum Gasteiger partial charge on any atom is -0.492 e. The Morgan fingerprint density at radius 2 is 1.86 bits per heavy atom. The third-order valence-electron chi connectivity index (χ3n) is 2.24. The maximum atomic E-state index is 12.6. The molecule has 8 heteroatoms. The van der Waals surface area contributed by atoms with Gasteiger partial charge in [-0.1, -0.05) is 15.9 Å². The summed E-state index contributed by atoms with van der Waals surface area (Å²) in [7, 11) is 0. The van der Waals surface area contributed by atoms with Crippen molar-refractivity contribution in [3.05, 3.63) is 28.2 Å².